The lowest BCUT2D eigenvalue weighted by atomic mass is 10.0. The van der Waals surface area contributed by atoms with Gasteiger partial charge in [-0.1, -0.05) is 6.07 Å². The summed E-state index contributed by atoms with van der Waals surface area (Å²) in [7, 11) is 0. The third-order valence-corrected chi connectivity index (χ3v) is 5.44. The van der Waals surface area contributed by atoms with E-state index in [9.17, 15) is 19.1 Å². The molecule has 1 atom stereocenters. The summed E-state index contributed by atoms with van der Waals surface area (Å²) in [4.78, 5) is 25.1. The number of hydrogen-bond donors (Lipinski definition) is 2. The Morgan fingerprint density at radius 3 is 2.96 bits per heavy atom. The summed E-state index contributed by atoms with van der Waals surface area (Å²) < 4.78 is 14.9. The molecule has 3 rings (SSSR count). The fourth-order valence-corrected chi connectivity index (χ4v) is 4.39. The first-order valence-corrected chi connectivity index (χ1v) is 8.70. The quantitative estimate of drug-likeness (QED) is 0.890. The van der Waals surface area contributed by atoms with Gasteiger partial charge in [-0.05, 0) is 31.5 Å². The Morgan fingerprint density at radius 2 is 2.25 bits per heavy atom. The van der Waals surface area contributed by atoms with Crippen molar-refractivity contribution in [2.24, 2.45) is 0 Å². The van der Waals surface area contributed by atoms with Crippen LogP contribution in [0, 0.1) is 5.82 Å². The molecular formula is C17H19FN2O3S. The summed E-state index contributed by atoms with van der Waals surface area (Å²) in [5.74, 6) is -1.48. The molecule has 2 N–H and O–H groups in total. The van der Waals surface area contributed by atoms with Gasteiger partial charge in [-0.3, -0.25) is 9.69 Å². The number of nitrogens with one attached hydrogen (secondary N) is 1. The van der Waals surface area contributed by atoms with Crippen molar-refractivity contribution >= 4 is 33.3 Å². The molecule has 7 heteroatoms. The molecule has 1 amide bonds. The maximum absolute atomic E-state index is 14.3. The van der Waals surface area contributed by atoms with Crippen LogP contribution in [-0.2, 0) is 11.3 Å². The second-order valence-corrected chi connectivity index (χ2v) is 7.15. The van der Waals surface area contributed by atoms with Crippen molar-refractivity contribution in [2.45, 2.75) is 32.4 Å². The van der Waals surface area contributed by atoms with Crippen molar-refractivity contribution < 1.29 is 19.1 Å². The zero-order chi connectivity index (χ0) is 17.3. The van der Waals surface area contributed by atoms with Crippen LogP contribution in [0.25, 0.3) is 10.1 Å². The second kappa shape index (κ2) is 6.86. The Hall–Kier alpha value is -1.99. The molecule has 1 aliphatic heterocycles. The van der Waals surface area contributed by atoms with E-state index in [1.807, 2.05) is 0 Å². The number of carbonyl (C=O) groups excluding carboxylic acids is 1. The van der Waals surface area contributed by atoms with E-state index in [1.165, 1.54) is 13.0 Å². The Labute approximate surface area is 143 Å². The number of carboxylic acids is 1. The van der Waals surface area contributed by atoms with Gasteiger partial charge in [-0.15, -0.1) is 11.3 Å². The molecule has 1 aromatic heterocycles. The largest absolute Gasteiger partial charge is 0.477 e. The molecule has 2 heterocycles. The number of carbonyl (C=O) groups is 2. The molecule has 1 saturated heterocycles. The Bertz CT molecular complexity index is 789. The summed E-state index contributed by atoms with van der Waals surface area (Å²) in [5.41, 5.74) is 0.532. The van der Waals surface area contributed by atoms with Crippen molar-refractivity contribution in [1.29, 1.82) is 0 Å². The number of carboxylic acid groups (broad SMARTS) is 1. The van der Waals surface area contributed by atoms with E-state index in [1.54, 1.807) is 12.1 Å². The first-order chi connectivity index (χ1) is 11.5. The molecular weight excluding hydrogens is 331 g/mol. The number of rotatable bonds is 4. The van der Waals surface area contributed by atoms with Crippen LogP contribution in [0.5, 0.6) is 0 Å². The molecule has 1 fully saturated rings. The monoisotopic (exact) mass is 350 g/mol. The van der Waals surface area contributed by atoms with E-state index < -0.39 is 5.97 Å². The van der Waals surface area contributed by atoms with E-state index in [-0.39, 0.29) is 22.6 Å². The predicted octanol–water partition coefficient (Wildman–Crippen LogP) is 2.84. The highest BCUT2D eigenvalue weighted by Crippen LogP contribution is 2.34. The van der Waals surface area contributed by atoms with E-state index in [0.29, 0.717) is 28.7 Å². The van der Waals surface area contributed by atoms with Crippen LogP contribution in [0.3, 0.4) is 0 Å². The molecule has 24 heavy (non-hydrogen) atoms. The number of halogens is 1. The topological polar surface area (TPSA) is 69.6 Å². The Morgan fingerprint density at radius 1 is 1.46 bits per heavy atom. The number of benzene rings is 1. The fraction of sp³-hybridized carbons (Fsp3) is 0.412. The van der Waals surface area contributed by atoms with Crippen LogP contribution in [0.4, 0.5) is 4.39 Å². The molecule has 5 nitrogen and oxygen atoms in total. The van der Waals surface area contributed by atoms with Crippen LogP contribution >= 0.6 is 11.3 Å². The lowest BCUT2D eigenvalue weighted by Crippen LogP contribution is -2.46. The normalized spacial score (nSPS) is 18.7. The average molecular weight is 350 g/mol. The molecule has 2 aromatic rings. The molecule has 0 spiro atoms. The van der Waals surface area contributed by atoms with Crippen LogP contribution in [0.1, 0.15) is 35.0 Å². The number of likely N-dealkylation sites (tertiary alicyclic amines) is 1. The summed E-state index contributed by atoms with van der Waals surface area (Å²) in [6.45, 7) is 3.31. The van der Waals surface area contributed by atoms with Crippen LogP contribution in [0.15, 0.2) is 18.2 Å². The summed E-state index contributed by atoms with van der Waals surface area (Å²) >= 11 is 1.11. The molecule has 1 unspecified atom stereocenters. The van der Waals surface area contributed by atoms with Crippen molar-refractivity contribution in [3.63, 3.8) is 0 Å². The highest BCUT2D eigenvalue weighted by Gasteiger charge is 2.25. The van der Waals surface area contributed by atoms with Crippen LogP contribution < -0.4 is 5.32 Å². The maximum Gasteiger partial charge on any atom is 0.346 e. The third kappa shape index (κ3) is 3.42. The molecule has 0 radical (unpaired) electrons. The van der Waals surface area contributed by atoms with Gasteiger partial charge in [-0.2, -0.15) is 0 Å². The number of aromatic carboxylic acids is 1. The maximum atomic E-state index is 14.3. The molecule has 0 aliphatic carbocycles. The van der Waals surface area contributed by atoms with Crippen molar-refractivity contribution in [2.75, 3.05) is 13.1 Å². The highest BCUT2D eigenvalue weighted by atomic mass is 32.1. The summed E-state index contributed by atoms with van der Waals surface area (Å²) in [6.07, 6.45) is 1.82. The first-order valence-electron chi connectivity index (χ1n) is 7.88. The molecule has 128 valence electrons. The Balaban J connectivity index is 1.90. The SMILES string of the molecule is CC(=O)NC1CCCN(Cc2c(C(=O)O)sc3cccc(F)c23)C1. The molecule has 0 saturated carbocycles. The minimum Gasteiger partial charge on any atom is -0.477 e. The number of amides is 1. The van der Waals surface area contributed by atoms with Gasteiger partial charge in [0.25, 0.3) is 0 Å². The van der Waals surface area contributed by atoms with E-state index in [0.717, 1.165) is 30.7 Å². The molecule has 0 bridgehead atoms. The van der Waals surface area contributed by atoms with E-state index in [2.05, 4.69) is 10.2 Å². The van der Waals surface area contributed by atoms with Gasteiger partial charge < -0.3 is 10.4 Å². The van der Waals surface area contributed by atoms with Gasteiger partial charge in [-0.25, -0.2) is 9.18 Å². The summed E-state index contributed by atoms with van der Waals surface area (Å²) in [5, 5.41) is 12.8. The number of fused-ring (bicyclic) bond motifs is 1. The van der Waals surface area contributed by atoms with Crippen LogP contribution in [0.2, 0.25) is 0 Å². The minimum absolute atomic E-state index is 0.0549. The van der Waals surface area contributed by atoms with Gasteiger partial charge >= 0.3 is 5.97 Å². The van der Waals surface area contributed by atoms with Crippen LogP contribution in [-0.4, -0.2) is 41.0 Å². The van der Waals surface area contributed by atoms with E-state index in [4.69, 9.17) is 0 Å². The third-order valence-electron chi connectivity index (χ3n) is 4.25. The smallest absolute Gasteiger partial charge is 0.346 e. The zero-order valence-electron chi connectivity index (χ0n) is 13.3. The number of thiophene rings is 1. The van der Waals surface area contributed by atoms with E-state index >= 15 is 0 Å². The minimum atomic E-state index is -1.03. The highest BCUT2D eigenvalue weighted by molar-refractivity contribution is 7.21. The van der Waals surface area contributed by atoms with Crippen molar-refractivity contribution in [3.8, 4) is 0 Å². The Kier molecular flexibility index (Phi) is 4.82. The van der Waals surface area contributed by atoms with Gasteiger partial charge in [0, 0.05) is 41.7 Å². The lowest BCUT2D eigenvalue weighted by Gasteiger charge is -2.33. The van der Waals surface area contributed by atoms with Gasteiger partial charge in [0.15, 0.2) is 0 Å². The van der Waals surface area contributed by atoms with Gasteiger partial charge in [0.2, 0.25) is 5.91 Å². The number of nitrogens with zero attached hydrogens (tertiary/aromatic N) is 1. The first kappa shape index (κ1) is 16.9. The second-order valence-electron chi connectivity index (χ2n) is 6.10. The number of hydrogen-bond acceptors (Lipinski definition) is 4. The number of piperidine rings is 1. The zero-order valence-corrected chi connectivity index (χ0v) is 14.2. The van der Waals surface area contributed by atoms with Crippen molar-refractivity contribution in [1.82, 2.24) is 10.2 Å². The fourth-order valence-electron chi connectivity index (χ4n) is 3.32. The predicted molar refractivity (Wildman–Crippen MR) is 90.9 cm³/mol. The lowest BCUT2D eigenvalue weighted by molar-refractivity contribution is -0.120. The summed E-state index contributed by atoms with van der Waals surface area (Å²) in [6, 6.07) is 4.76. The van der Waals surface area contributed by atoms with Gasteiger partial charge in [0.05, 0.1) is 0 Å². The average Bonchev–Trinajstić information content (AvgIpc) is 2.87. The van der Waals surface area contributed by atoms with Crippen molar-refractivity contribution in [3.05, 3.63) is 34.5 Å². The standard InChI is InChI=1S/C17H19FN2O3S/c1-10(21)19-11-4-3-7-20(8-11)9-12-15-13(18)5-2-6-14(15)24-16(12)17(22)23/h2,5-6,11H,3-4,7-9H2,1H3,(H,19,21)(H,22,23). The molecule has 1 aromatic carbocycles. The van der Waals surface area contributed by atoms with Gasteiger partial charge in [0.1, 0.15) is 10.7 Å². The molecule has 1 aliphatic rings.